The number of amides is 1. The third kappa shape index (κ3) is 4.35. The van der Waals surface area contributed by atoms with E-state index in [1.165, 1.54) is 19.3 Å². The largest absolute Gasteiger partial charge is 0.468 e. The van der Waals surface area contributed by atoms with Gasteiger partial charge >= 0.3 is 0 Å². The Morgan fingerprint density at radius 2 is 1.93 bits per heavy atom. The average Bonchev–Trinajstić information content (AvgIpc) is 3.27. The molecular weight excluding hydrogens is 362 g/mol. The zero-order valence-electron chi connectivity index (χ0n) is 17.3. The lowest BCUT2D eigenvalue weighted by Crippen LogP contribution is -2.41. The number of hydrogen-bond acceptors (Lipinski definition) is 4. The number of aryl methyl sites for hydroxylation is 2. The van der Waals surface area contributed by atoms with Crippen LogP contribution in [0.4, 0.5) is 0 Å². The number of fused-ring (bicyclic) bond motifs is 1. The van der Waals surface area contributed by atoms with Gasteiger partial charge < -0.3 is 9.73 Å². The molecule has 0 aliphatic carbocycles. The van der Waals surface area contributed by atoms with Gasteiger partial charge in [0.15, 0.2) is 0 Å². The van der Waals surface area contributed by atoms with E-state index in [0.29, 0.717) is 13.0 Å². The van der Waals surface area contributed by atoms with Crippen LogP contribution < -0.4 is 5.32 Å². The number of piperidine rings is 1. The summed E-state index contributed by atoms with van der Waals surface area (Å²) in [5, 5.41) is 4.26. The summed E-state index contributed by atoms with van der Waals surface area (Å²) in [5.74, 6) is 0.953. The van der Waals surface area contributed by atoms with E-state index in [-0.39, 0.29) is 11.9 Å². The molecule has 29 heavy (non-hydrogen) atoms. The van der Waals surface area contributed by atoms with Crippen molar-refractivity contribution in [3.63, 3.8) is 0 Å². The molecule has 1 N–H and O–H groups in total. The van der Waals surface area contributed by atoms with Gasteiger partial charge in [-0.2, -0.15) is 0 Å². The number of aromatic nitrogens is 1. The second-order valence-electron chi connectivity index (χ2n) is 7.93. The minimum atomic E-state index is 0.0295. The number of para-hydroxylation sites is 1. The molecule has 5 heteroatoms. The van der Waals surface area contributed by atoms with Crippen LogP contribution in [-0.4, -0.2) is 35.4 Å². The average molecular weight is 392 g/mol. The molecule has 1 aliphatic rings. The lowest BCUT2D eigenvalue weighted by Gasteiger charge is -2.33. The molecule has 1 amide bonds. The number of benzene rings is 1. The summed E-state index contributed by atoms with van der Waals surface area (Å²) in [5.41, 5.74) is 4.07. The monoisotopic (exact) mass is 391 g/mol. The maximum absolute atomic E-state index is 12.8. The van der Waals surface area contributed by atoms with Gasteiger partial charge in [-0.25, -0.2) is 0 Å². The lowest BCUT2D eigenvalue weighted by molar-refractivity contribution is -0.120. The van der Waals surface area contributed by atoms with Gasteiger partial charge in [-0.05, 0) is 69.1 Å². The maximum atomic E-state index is 12.8. The summed E-state index contributed by atoms with van der Waals surface area (Å²) in [6.45, 7) is 6.73. The fourth-order valence-corrected chi connectivity index (χ4v) is 4.38. The normalized spacial score (nSPS) is 16.1. The number of carbonyl (C=O) groups is 1. The third-order valence-electron chi connectivity index (χ3n) is 6.02. The summed E-state index contributed by atoms with van der Waals surface area (Å²) in [4.78, 5) is 19.9. The van der Waals surface area contributed by atoms with E-state index < -0.39 is 0 Å². The van der Waals surface area contributed by atoms with E-state index in [9.17, 15) is 4.79 Å². The smallest absolute Gasteiger partial charge is 0.224 e. The molecule has 3 heterocycles. The topological polar surface area (TPSA) is 58.4 Å². The predicted octanol–water partition coefficient (Wildman–Crippen LogP) is 4.33. The van der Waals surface area contributed by atoms with Crippen molar-refractivity contribution >= 4 is 16.8 Å². The molecule has 0 radical (unpaired) electrons. The van der Waals surface area contributed by atoms with Crippen LogP contribution in [0.15, 0.2) is 47.1 Å². The Hall–Kier alpha value is -2.66. The van der Waals surface area contributed by atoms with Crippen LogP contribution in [0.5, 0.6) is 0 Å². The maximum Gasteiger partial charge on any atom is 0.224 e. The summed E-state index contributed by atoms with van der Waals surface area (Å²) < 4.78 is 5.68. The zero-order valence-corrected chi connectivity index (χ0v) is 17.3. The number of nitrogens with one attached hydrogen (secondary N) is 1. The predicted molar refractivity (Wildman–Crippen MR) is 115 cm³/mol. The first-order chi connectivity index (χ1) is 14.1. The number of rotatable bonds is 6. The van der Waals surface area contributed by atoms with Crippen LogP contribution >= 0.6 is 0 Å². The van der Waals surface area contributed by atoms with Crippen molar-refractivity contribution < 1.29 is 9.21 Å². The Kier molecular flexibility index (Phi) is 5.95. The van der Waals surface area contributed by atoms with E-state index in [0.717, 1.165) is 46.6 Å². The van der Waals surface area contributed by atoms with Gasteiger partial charge in [-0.15, -0.1) is 0 Å². The van der Waals surface area contributed by atoms with Crippen LogP contribution in [0, 0.1) is 13.8 Å². The summed E-state index contributed by atoms with van der Waals surface area (Å²) in [7, 11) is 0. The Balaban J connectivity index is 1.47. The Morgan fingerprint density at radius 1 is 1.14 bits per heavy atom. The molecule has 0 bridgehead atoms. The van der Waals surface area contributed by atoms with Crippen molar-refractivity contribution in [1.82, 2.24) is 15.2 Å². The molecule has 5 nitrogen and oxygen atoms in total. The van der Waals surface area contributed by atoms with Gasteiger partial charge in [0, 0.05) is 17.6 Å². The molecule has 1 aliphatic heterocycles. The van der Waals surface area contributed by atoms with Gasteiger partial charge in [0.1, 0.15) is 5.76 Å². The van der Waals surface area contributed by atoms with Crippen molar-refractivity contribution in [2.75, 3.05) is 19.6 Å². The number of likely N-dealkylation sites (tertiary alicyclic amines) is 1. The Bertz CT molecular complexity index is 975. The quantitative estimate of drug-likeness (QED) is 0.679. The van der Waals surface area contributed by atoms with Gasteiger partial charge in [0.2, 0.25) is 5.91 Å². The van der Waals surface area contributed by atoms with Crippen LogP contribution in [0.3, 0.4) is 0 Å². The standard InChI is InChI=1S/C24H29N3O2/c1-17-19-9-4-5-10-21(19)26-18(2)20(17)15-24(28)25-16-22(23-11-8-14-29-23)27-12-6-3-7-13-27/h4-5,8-11,14,22H,3,6-7,12-13,15-16H2,1-2H3,(H,25,28)/t22-/m1/s1. The second-order valence-corrected chi connectivity index (χ2v) is 7.93. The molecule has 4 rings (SSSR count). The highest BCUT2D eigenvalue weighted by molar-refractivity contribution is 5.86. The SMILES string of the molecule is Cc1nc2ccccc2c(C)c1CC(=O)NC[C@H](c1ccco1)N1CCCCC1. The van der Waals surface area contributed by atoms with Crippen LogP contribution in [0.25, 0.3) is 10.9 Å². The van der Waals surface area contributed by atoms with Gasteiger partial charge in [0.25, 0.3) is 0 Å². The van der Waals surface area contributed by atoms with Crippen molar-refractivity contribution in [3.8, 4) is 0 Å². The van der Waals surface area contributed by atoms with Gasteiger partial charge in [-0.1, -0.05) is 24.6 Å². The van der Waals surface area contributed by atoms with E-state index >= 15 is 0 Å². The first-order valence-corrected chi connectivity index (χ1v) is 10.5. The minimum absolute atomic E-state index is 0.0295. The van der Waals surface area contributed by atoms with Crippen molar-refractivity contribution in [3.05, 3.63) is 65.2 Å². The fourth-order valence-electron chi connectivity index (χ4n) is 4.38. The molecule has 0 unspecified atom stereocenters. The van der Waals surface area contributed by atoms with Gasteiger partial charge in [0.05, 0.1) is 24.2 Å². The number of furan rings is 1. The molecule has 1 aromatic carbocycles. The number of pyridine rings is 1. The highest BCUT2D eigenvalue weighted by atomic mass is 16.3. The molecule has 1 saturated heterocycles. The summed E-state index contributed by atoms with van der Waals surface area (Å²) in [6.07, 6.45) is 5.74. The minimum Gasteiger partial charge on any atom is -0.468 e. The molecule has 1 fully saturated rings. The number of carbonyl (C=O) groups excluding carboxylic acids is 1. The molecule has 0 saturated carbocycles. The van der Waals surface area contributed by atoms with Crippen LogP contribution in [0.1, 0.15) is 47.9 Å². The Labute approximate surface area is 172 Å². The van der Waals surface area contributed by atoms with E-state index in [1.54, 1.807) is 6.26 Å². The first kappa shape index (κ1) is 19.6. The number of nitrogens with zero attached hydrogens (tertiary/aromatic N) is 2. The first-order valence-electron chi connectivity index (χ1n) is 10.5. The molecule has 1 atom stereocenters. The highest BCUT2D eigenvalue weighted by Crippen LogP contribution is 2.25. The Morgan fingerprint density at radius 3 is 2.69 bits per heavy atom. The van der Waals surface area contributed by atoms with E-state index in [2.05, 4.69) is 23.2 Å². The molecule has 3 aromatic rings. The number of hydrogen-bond donors (Lipinski definition) is 1. The van der Waals surface area contributed by atoms with Crippen LogP contribution in [-0.2, 0) is 11.2 Å². The summed E-state index contributed by atoms with van der Waals surface area (Å²) >= 11 is 0. The lowest BCUT2D eigenvalue weighted by atomic mass is 9.99. The zero-order chi connectivity index (χ0) is 20.2. The van der Waals surface area contributed by atoms with Gasteiger partial charge in [-0.3, -0.25) is 14.7 Å². The molecular formula is C24H29N3O2. The molecule has 0 spiro atoms. The molecule has 152 valence electrons. The summed E-state index contributed by atoms with van der Waals surface area (Å²) in [6, 6.07) is 12.1. The molecule has 2 aromatic heterocycles. The van der Waals surface area contributed by atoms with Crippen molar-refractivity contribution in [2.45, 2.75) is 45.6 Å². The second kappa shape index (κ2) is 8.78. The van der Waals surface area contributed by atoms with Crippen LogP contribution in [0.2, 0.25) is 0 Å². The van der Waals surface area contributed by atoms with E-state index in [4.69, 9.17) is 9.40 Å². The highest BCUT2D eigenvalue weighted by Gasteiger charge is 2.25. The van der Waals surface area contributed by atoms with Crippen molar-refractivity contribution in [1.29, 1.82) is 0 Å². The fraction of sp³-hybridized carbons (Fsp3) is 0.417. The third-order valence-corrected chi connectivity index (χ3v) is 6.02. The van der Waals surface area contributed by atoms with Crippen molar-refractivity contribution in [2.24, 2.45) is 0 Å². The van der Waals surface area contributed by atoms with E-state index in [1.807, 2.05) is 37.3 Å².